The lowest BCUT2D eigenvalue weighted by atomic mass is 10.2. The normalized spacial score (nSPS) is 10.5. The van der Waals surface area contributed by atoms with E-state index in [1.807, 2.05) is 0 Å². The number of hydrogen-bond donors (Lipinski definition) is 1. The molecule has 0 bridgehead atoms. The number of para-hydroxylation sites is 1. The van der Waals surface area contributed by atoms with E-state index in [1.165, 1.54) is 10.9 Å². The molecule has 0 spiro atoms. The Morgan fingerprint density at radius 3 is 2.87 bits per heavy atom. The minimum absolute atomic E-state index is 0.319. The largest absolute Gasteiger partial charge is 0.380 e. The number of nitrogens with two attached hydrogens (primary N) is 1. The van der Waals surface area contributed by atoms with Crippen molar-refractivity contribution in [1.29, 1.82) is 0 Å². The van der Waals surface area contributed by atoms with Gasteiger partial charge in [-0.3, -0.25) is 4.79 Å². The number of alkyl halides is 1. The summed E-state index contributed by atoms with van der Waals surface area (Å²) in [5, 5.41) is 0.651. The van der Waals surface area contributed by atoms with Crippen molar-refractivity contribution in [2.24, 2.45) is 5.73 Å². The molecule has 0 fully saturated rings. The lowest BCUT2D eigenvalue weighted by Gasteiger charge is -2.01. The van der Waals surface area contributed by atoms with Crippen LogP contribution in [0.3, 0.4) is 0 Å². The molecule has 1 aromatic carbocycles. The van der Waals surface area contributed by atoms with Gasteiger partial charge >= 0.3 is 0 Å². The lowest BCUT2D eigenvalue weighted by molar-refractivity contribution is 0.0495. The quantitative estimate of drug-likeness (QED) is 0.820. The number of amides is 1. The fraction of sp³-hybridized carbons (Fsp3) is 0.100. The molecule has 1 heterocycles. The van der Waals surface area contributed by atoms with Crippen molar-refractivity contribution < 1.29 is 14.0 Å². The van der Waals surface area contributed by atoms with E-state index in [9.17, 15) is 9.18 Å². The highest BCUT2D eigenvalue weighted by Gasteiger charge is 2.12. The number of halogens is 1. The molecule has 2 rings (SSSR count). The molecule has 78 valence electrons. The maximum Gasteiger partial charge on any atom is 0.252 e. The number of aromatic nitrogens is 1. The van der Waals surface area contributed by atoms with Gasteiger partial charge in [0.25, 0.3) is 12.8 Å². The number of carbonyl (C=O) groups excluding carboxylic acids is 1. The van der Waals surface area contributed by atoms with Crippen LogP contribution in [0.5, 0.6) is 0 Å². The van der Waals surface area contributed by atoms with Gasteiger partial charge in [0.15, 0.2) is 0 Å². The van der Waals surface area contributed by atoms with Crippen LogP contribution in [0.1, 0.15) is 10.4 Å². The van der Waals surface area contributed by atoms with Gasteiger partial charge in [-0.05, 0) is 6.07 Å². The Kier molecular flexibility index (Phi) is 2.29. The highest BCUT2D eigenvalue weighted by atomic mass is 19.1. The smallest absolute Gasteiger partial charge is 0.252 e. The summed E-state index contributed by atoms with van der Waals surface area (Å²) in [6.07, 6.45) is 1.38. The highest BCUT2D eigenvalue weighted by molar-refractivity contribution is 6.06. The molecular weight excluding hydrogens is 199 g/mol. The molecule has 0 radical (unpaired) electrons. The second kappa shape index (κ2) is 3.61. The van der Waals surface area contributed by atoms with Crippen LogP contribution in [0.2, 0.25) is 0 Å². The number of carbonyl (C=O) groups is 1. The molecule has 0 aliphatic rings. The average Bonchev–Trinajstić information content (AvgIpc) is 2.59. The molecule has 2 N–H and O–H groups in total. The molecule has 0 aliphatic carbocycles. The van der Waals surface area contributed by atoms with E-state index < -0.39 is 12.8 Å². The summed E-state index contributed by atoms with van der Waals surface area (Å²) in [6, 6.07) is 6.99. The Labute approximate surface area is 85.0 Å². The molecule has 1 aromatic heterocycles. The van der Waals surface area contributed by atoms with Crippen LogP contribution in [0.4, 0.5) is 4.39 Å². The maximum atomic E-state index is 12.1. The SMILES string of the molecule is NC(=O)c1cn(OCF)c2ccccc12. The van der Waals surface area contributed by atoms with Crippen LogP contribution in [-0.4, -0.2) is 17.5 Å². The summed E-state index contributed by atoms with van der Waals surface area (Å²) in [6.45, 7) is -0.961. The van der Waals surface area contributed by atoms with Crippen LogP contribution < -0.4 is 10.6 Å². The molecule has 4 nitrogen and oxygen atoms in total. The van der Waals surface area contributed by atoms with Crippen molar-refractivity contribution in [2.75, 3.05) is 6.86 Å². The summed E-state index contributed by atoms with van der Waals surface area (Å²) in [5.74, 6) is -0.563. The third-order valence-electron chi connectivity index (χ3n) is 2.13. The van der Waals surface area contributed by atoms with Crippen molar-refractivity contribution in [3.63, 3.8) is 0 Å². The zero-order chi connectivity index (χ0) is 10.8. The molecular formula is C10H9FN2O2. The fourth-order valence-corrected chi connectivity index (χ4v) is 1.51. The van der Waals surface area contributed by atoms with E-state index in [0.717, 1.165) is 0 Å². The van der Waals surface area contributed by atoms with Gasteiger partial charge in [-0.15, -0.1) is 0 Å². The Hall–Kier alpha value is -2.04. The Balaban J connectivity index is 2.67. The molecule has 5 heteroatoms. The van der Waals surface area contributed by atoms with Gasteiger partial charge in [-0.1, -0.05) is 18.2 Å². The molecule has 0 saturated heterocycles. The number of primary amides is 1. The Bertz CT molecular complexity index is 507. The van der Waals surface area contributed by atoms with E-state index >= 15 is 0 Å². The van der Waals surface area contributed by atoms with Crippen LogP contribution in [0.25, 0.3) is 10.9 Å². The molecule has 0 atom stereocenters. The van der Waals surface area contributed by atoms with E-state index in [0.29, 0.717) is 16.5 Å². The minimum atomic E-state index is -0.961. The van der Waals surface area contributed by atoms with Gasteiger partial charge in [-0.25, -0.2) is 4.39 Å². The average molecular weight is 208 g/mol. The van der Waals surface area contributed by atoms with Gasteiger partial charge in [0.1, 0.15) is 0 Å². The molecule has 0 saturated carbocycles. The van der Waals surface area contributed by atoms with Gasteiger partial charge < -0.3 is 10.6 Å². The molecule has 0 aliphatic heterocycles. The first-order valence-corrected chi connectivity index (χ1v) is 4.33. The van der Waals surface area contributed by atoms with Crippen LogP contribution in [-0.2, 0) is 0 Å². The van der Waals surface area contributed by atoms with E-state index in [2.05, 4.69) is 0 Å². The number of nitrogens with zero attached hydrogens (tertiary/aromatic N) is 1. The Morgan fingerprint density at radius 2 is 2.20 bits per heavy atom. The van der Waals surface area contributed by atoms with E-state index in [1.54, 1.807) is 24.3 Å². The summed E-state index contributed by atoms with van der Waals surface area (Å²) in [7, 11) is 0. The monoisotopic (exact) mass is 208 g/mol. The van der Waals surface area contributed by atoms with Crippen molar-refractivity contribution in [3.8, 4) is 0 Å². The second-order valence-corrected chi connectivity index (χ2v) is 2.99. The number of rotatable bonds is 3. The predicted octanol–water partition coefficient (Wildman–Crippen LogP) is 1.10. The van der Waals surface area contributed by atoms with Crippen LogP contribution in [0, 0.1) is 0 Å². The van der Waals surface area contributed by atoms with Crippen molar-refractivity contribution >= 4 is 16.8 Å². The standard InChI is InChI=1S/C10H9FN2O2/c11-6-15-13-5-8(10(12)14)7-3-1-2-4-9(7)13/h1-5H,6H2,(H2,12,14). The lowest BCUT2D eigenvalue weighted by Crippen LogP contribution is -2.11. The van der Waals surface area contributed by atoms with Gasteiger partial charge in [0.05, 0.1) is 17.3 Å². The summed E-state index contributed by atoms with van der Waals surface area (Å²) in [5.41, 5.74) is 6.12. The number of fused-ring (bicyclic) bond motifs is 1. The zero-order valence-corrected chi connectivity index (χ0v) is 7.81. The summed E-state index contributed by atoms with van der Waals surface area (Å²) in [4.78, 5) is 15.8. The van der Waals surface area contributed by atoms with Crippen molar-refractivity contribution in [3.05, 3.63) is 36.0 Å². The third-order valence-corrected chi connectivity index (χ3v) is 2.13. The fourth-order valence-electron chi connectivity index (χ4n) is 1.51. The van der Waals surface area contributed by atoms with Gasteiger partial charge in [-0.2, -0.15) is 4.73 Å². The Morgan fingerprint density at radius 1 is 1.47 bits per heavy atom. The van der Waals surface area contributed by atoms with Gasteiger partial charge in [0, 0.05) is 5.39 Å². The van der Waals surface area contributed by atoms with Crippen molar-refractivity contribution in [1.82, 2.24) is 4.73 Å². The number of benzene rings is 1. The second-order valence-electron chi connectivity index (χ2n) is 2.99. The first-order valence-electron chi connectivity index (χ1n) is 4.33. The van der Waals surface area contributed by atoms with Crippen LogP contribution in [0.15, 0.2) is 30.5 Å². The summed E-state index contributed by atoms with van der Waals surface area (Å²) >= 11 is 0. The van der Waals surface area contributed by atoms with E-state index in [-0.39, 0.29) is 0 Å². The first kappa shape index (κ1) is 9.51. The molecule has 2 aromatic rings. The van der Waals surface area contributed by atoms with Crippen molar-refractivity contribution in [2.45, 2.75) is 0 Å². The summed E-state index contributed by atoms with van der Waals surface area (Å²) < 4.78 is 13.3. The highest BCUT2D eigenvalue weighted by Crippen LogP contribution is 2.19. The topological polar surface area (TPSA) is 57.2 Å². The molecule has 15 heavy (non-hydrogen) atoms. The molecule has 1 amide bonds. The number of hydrogen-bond acceptors (Lipinski definition) is 2. The third kappa shape index (κ3) is 1.52. The maximum absolute atomic E-state index is 12.1. The minimum Gasteiger partial charge on any atom is -0.380 e. The van der Waals surface area contributed by atoms with Gasteiger partial charge in [0.2, 0.25) is 0 Å². The van der Waals surface area contributed by atoms with E-state index in [4.69, 9.17) is 10.6 Å². The predicted molar refractivity (Wildman–Crippen MR) is 53.0 cm³/mol. The van der Waals surface area contributed by atoms with Crippen LogP contribution >= 0.6 is 0 Å². The molecule has 0 unspecified atom stereocenters. The first-order chi connectivity index (χ1) is 7.24. The zero-order valence-electron chi connectivity index (χ0n) is 7.81.